The Morgan fingerprint density at radius 2 is 2.00 bits per heavy atom. The molecule has 1 aromatic rings. The minimum absolute atomic E-state index is 0.00562. The predicted molar refractivity (Wildman–Crippen MR) is 66.7 cm³/mol. The van der Waals surface area contributed by atoms with Crippen LogP contribution in [0.25, 0.3) is 0 Å². The van der Waals surface area contributed by atoms with Crippen LogP contribution < -0.4 is 14.4 Å². The summed E-state index contributed by atoms with van der Waals surface area (Å²) < 4.78 is 16.0. The molecule has 102 valence electrons. The molecule has 1 atom stereocenters. The van der Waals surface area contributed by atoms with Gasteiger partial charge in [-0.1, -0.05) is 0 Å². The van der Waals surface area contributed by atoms with E-state index >= 15 is 0 Å². The fraction of sp³-hybridized carbons (Fsp3) is 0.462. The molecular formula is C13H15NO5. The fourth-order valence-electron chi connectivity index (χ4n) is 2.17. The van der Waals surface area contributed by atoms with Gasteiger partial charge in [0, 0.05) is 18.5 Å². The first-order chi connectivity index (χ1) is 9.28. The monoisotopic (exact) mass is 265 g/mol. The molecule has 1 fully saturated rings. The van der Waals surface area contributed by atoms with Crippen molar-refractivity contribution in [3.05, 3.63) is 18.2 Å². The highest BCUT2D eigenvalue weighted by Crippen LogP contribution is 2.34. The standard InChI is InChI=1S/C13H15NO5/c15-7-9-6-14(13(16)19-8-9)10-1-2-11-12(5-10)18-4-3-17-11/h1-2,5,9,15H,3-4,6-8H2. The van der Waals surface area contributed by atoms with E-state index in [0.717, 1.165) is 0 Å². The van der Waals surface area contributed by atoms with Gasteiger partial charge in [0.2, 0.25) is 0 Å². The molecule has 0 saturated carbocycles. The molecule has 2 aliphatic heterocycles. The van der Waals surface area contributed by atoms with E-state index in [0.29, 0.717) is 36.9 Å². The van der Waals surface area contributed by atoms with E-state index in [1.54, 1.807) is 18.2 Å². The van der Waals surface area contributed by atoms with E-state index in [-0.39, 0.29) is 19.1 Å². The predicted octanol–water partition coefficient (Wildman–Crippen LogP) is 1.02. The lowest BCUT2D eigenvalue weighted by Gasteiger charge is -2.31. The van der Waals surface area contributed by atoms with Crippen molar-refractivity contribution in [1.82, 2.24) is 0 Å². The molecule has 1 amide bonds. The van der Waals surface area contributed by atoms with Crippen LogP contribution in [-0.4, -0.2) is 44.2 Å². The number of aliphatic hydroxyl groups is 1. The van der Waals surface area contributed by atoms with Crippen molar-refractivity contribution in [2.75, 3.05) is 37.9 Å². The van der Waals surface area contributed by atoms with Crippen molar-refractivity contribution < 1.29 is 24.1 Å². The Balaban J connectivity index is 1.86. The normalized spacial score (nSPS) is 22.1. The first-order valence-corrected chi connectivity index (χ1v) is 6.22. The summed E-state index contributed by atoms with van der Waals surface area (Å²) in [5.41, 5.74) is 0.687. The Bertz CT molecular complexity index is 490. The summed E-state index contributed by atoms with van der Waals surface area (Å²) in [7, 11) is 0. The number of carbonyl (C=O) groups is 1. The van der Waals surface area contributed by atoms with Crippen LogP contribution in [0.1, 0.15) is 0 Å². The zero-order valence-electron chi connectivity index (χ0n) is 10.4. The van der Waals surface area contributed by atoms with E-state index in [1.165, 1.54) is 4.90 Å². The van der Waals surface area contributed by atoms with Crippen LogP contribution in [0.5, 0.6) is 11.5 Å². The number of ether oxygens (including phenoxy) is 3. The Morgan fingerprint density at radius 1 is 1.21 bits per heavy atom. The van der Waals surface area contributed by atoms with Crippen LogP contribution in [0.4, 0.5) is 10.5 Å². The summed E-state index contributed by atoms with van der Waals surface area (Å²) in [6, 6.07) is 5.32. The van der Waals surface area contributed by atoms with E-state index in [2.05, 4.69) is 0 Å². The van der Waals surface area contributed by atoms with Crippen LogP contribution >= 0.6 is 0 Å². The number of amides is 1. The third-order valence-electron chi connectivity index (χ3n) is 3.20. The highest BCUT2D eigenvalue weighted by molar-refractivity contribution is 5.88. The van der Waals surface area contributed by atoms with Gasteiger partial charge in [0.1, 0.15) is 13.2 Å². The Labute approximate surface area is 110 Å². The molecule has 1 N–H and O–H groups in total. The number of cyclic esters (lactones) is 1. The highest BCUT2D eigenvalue weighted by atomic mass is 16.6. The lowest BCUT2D eigenvalue weighted by molar-refractivity contribution is 0.0899. The first kappa shape index (κ1) is 12.1. The van der Waals surface area contributed by atoms with Gasteiger partial charge in [-0.15, -0.1) is 0 Å². The number of fused-ring (bicyclic) bond motifs is 1. The van der Waals surface area contributed by atoms with Gasteiger partial charge in [-0.25, -0.2) is 4.79 Å². The summed E-state index contributed by atoms with van der Waals surface area (Å²) in [5.74, 6) is 1.24. The van der Waals surface area contributed by atoms with Crippen LogP contribution in [0.15, 0.2) is 18.2 Å². The molecule has 1 aromatic carbocycles. The fourth-order valence-corrected chi connectivity index (χ4v) is 2.17. The minimum Gasteiger partial charge on any atom is -0.486 e. The molecule has 2 heterocycles. The number of carbonyl (C=O) groups excluding carboxylic acids is 1. The Hall–Kier alpha value is -1.95. The van der Waals surface area contributed by atoms with E-state index in [9.17, 15) is 9.90 Å². The van der Waals surface area contributed by atoms with Crippen molar-refractivity contribution >= 4 is 11.8 Å². The van der Waals surface area contributed by atoms with Crippen molar-refractivity contribution in [3.63, 3.8) is 0 Å². The van der Waals surface area contributed by atoms with Gasteiger partial charge < -0.3 is 19.3 Å². The second-order valence-electron chi connectivity index (χ2n) is 4.56. The summed E-state index contributed by atoms with van der Waals surface area (Å²) in [4.78, 5) is 13.3. The molecule has 1 saturated heterocycles. The third-order valence-corrected chi connectivity index (χ3v) is 3.20. The summed E-state index contributed by atoms with van der Waals surface area (Å²) >= 11 is 0. The smallest absolute Gasteiger partial charge is 0.414 e. The van der Waals surface area contributed by atoms with E-state index in [4.69, 9.17) is 14.2 Å². The van der Waals surface area contributed by atoms with E-state index < -0.39 is 6.09 Å². The number of benzene rings is 1. The third kappa shape index (κ3) is 2.31. The number of hydrogen-bond donors (Lipinski definition) is 1. The molecule has 0 spiro atoms. The van der Waals surface area contributed by atoms with Crippen LogP contribution in [0.3, 0.4) is 0 Å². The molecule has 19 heavy (non-hydrogen) atoms. The van der Waals surface area contributed by atoms with Crippen molar-refractivity contribution in [3.8, 4) is 11.5 Å². The quantitative estimate of drug-likeness (QED) is 0.864. The average Bonchev–Trinajstić information content (AvgIpc) is 2.47. The number of rotatable bonds is 2. The molecule has 1 unspecified atom stereocenters. The second-order valence-corrected chi connectivity index (χ2v) is 4.56. The van der Waals surface area contributed by atoms with E-state index in [1.807, 2.05) is 0 Å². The number of hydrogen-bond acceptors (Lipinski definition) is 5. The minimum atomic E-state index is -0.402. The SMILES string of the molecule is O=C1OCC(CO)CN1c1ccc2c(c1)OCCO2. The average molecular weight is 265 g/mol. The molecule has 0 aliphatic carbocycles. The van der Waals surface area contributed by atoms with Gasteiger partial charge in [-0.3, -0.25) is 4.90 Å². The van der Waals surface area contributed by atoms with Gasteiger partial charge in [0.15, 0.2) is 11.5 Å². The summed E-state index contributed by atoms with van der Waals surface area (Å²) in [6.07, 6.45) is -0.402. The Morgan fingerprint density at radius 3 is 2.79 bits per heavy atom. The maximum atomic E-state index is 11.8. The number of anilines is 1. The highest BCUT2D eigenvalue weighted by Gasteiger charge is 2.28. The number of nitrogens with zero attached hydrogens (tertiary/aromatic N) is 1. The first-order valence-electron chi connectivity index (χ1n) is 6.22. The maximum absolute atomic E-state index is 11.8. The van der Waals surface area contributed by atoms with Gasteiger partial charge in [-0.05, 0) is 12.1 Å². The molecule has 3 rings (SSSR count). The van der Waals surface area contributed by atoms with Gasteiger partial charge in [-0.2, -0.15) is 0 Å². The molecule has 0 radical (unpaired) electrons. The van der Waals surface area contributed by atoms with Gasteiger partial charge >= 0.3 is 6.09 Å². The lowest BCUT2D eigenvalue weighted by atomic mass is 10.1. The molecular weight excluding hydrogens is 250 g/mol. The summed E-state index contributed by atoms with van der Waals surface area (Å²) in [5, 5.41) is 9.17. The largest absolute Gasteiger partial charge is 0.486 e. The van der Waals surface area contributed by atoms with Crippen molar-refractivity contribution in [1.29, 1.82) is 0 Å². The Kier molecular flexibility index (Phi) is 3.16. The van der Waals surface area contributed by atoms with Crippen molar-refractivity contribution in [2.45, 2.75) is 0 Å². The maximum Gasteiger partial charge on any atom is 0.414 e. The van der Waals surface area contributed by atoms with Gasteiger partial charge in [0.05, 0.1) is 18.9 Å². The second kappa shape index (κ2) is 4.97. The topological polar surface area (TPSA) is 68.2 Å². The molecule has 6 nitrogen and oxygen atoms in total. The molecule has 2 aliphatic rings. The lowest BCUT2D eigenvalue weighted by Crippen LogP contribution is -2.44. The zero-order valence-corrected chi connectivity index (χ0v) is 10.4. The number of aliphatic hydroxyl groups excluding tert-OH is 1. The van der Waals surface area contributed by atoms with Crippen LogP contribution in [-0.2, 0) is 4.74 Å². The molecule has 0 bridgehead atoms. The van der Waals surface area contributed by atoms with Crippen LogP contribution in [0.2, 0.25) is 0 Å². The molecule has 0 aromatic heterocycles. The van der Waals surface area contributed by atoms with Gasteiger partial charge in [0.25, 0.3) is 0 Å². The summed E-state index contributed by atoms with van der Waals surface area (Å²) in [6.45, 7) is 1.73. The zero-order chi connectivity index (χ0) is 13.2. The van der Waals surface area contributed by atoms with Crippen molar-refractivity contribution in [2.24, 2.45) is 5.92 Å². The van der Waals surface area contributed by atoms with Crippen LogP contribution in [0, 0.1) is 5.92 Å². The molecule has 6 heteroatoms.